The molecule has 172 valence electrons. The lowest BCUT2D eigenvalue weighted by Gasteiger charge is -2.19. The summed E-state index contributed by atoms with van der Waals surface area (Å²) in [7, 11) is 0. The molecule has 28 heavy (non-hydrogen) atoms. The third kappa shape index (κ3) is 19.8. The van der Waals surface area contributed by atoms with E-state index in [4.69, 9.17) is 26.8 Å². The van der Waals surface area contributed by atoms with Crippen LogP contribution in [0.5, 0.6) is 0 Å². The van der Waals surface area contributed by atoms with Crippen LogP contribution in [-0.4, -0.2) is 21.3 Å². The van der Waals surface area contributed by atoms with Gasteiger partial charge in [-0.15, -0.1) is 0 Å². The molecule has 0 amide bonds. The molecule has 0 unspecified atom stereocenters. The van der Waals surface area contributed by atoms with Gasteiger partial charge in [-0.3, -0.25) is 9.41 Å². The lowest BCUT2D eigenvalue weighted by Crippen LogP contribution is -2.34. The van der Waals surface area contributed by atoms with Gasteiger partial charge in [-0.2, -0.15) is 0 Å². The molecule has 0 aromatic rings. The zero-order valence-corrected chi connectivity index (χ0v) is 17.8. The van der Waals surface area contributed by atoms with Gasteiger partial charge >= 0.3 is 5.97 Å². The molecule has 0 heterocycles. The van der Waals surface area contributed by atoms with Gasteiger partial charge in [0.15, 0.2) is 0 Å². The molecule has 0 saturated carbocycles. The molecule has 0 aliphatic carbocycles. The first kappa shape index (κ1) is 31.8. The number of unbranched alkanes of at least 4 members (excludes halogenated alkanes) is 15. The van der Waals surface area contributed by atoms with E-state index < -0.39 is 5.97 Å². The van der Waals surface area contributed by atoms with Crippen LogP contribution in [0.15, 0.2) is 11.4 Å². The number of hydrogen-bond donors (Lipinski definition) is 5. The minimum absolute atomic E-state index is 0. The summed E-state index contributed by atoms with van der Waals surface area (Å²) in [6, 6.07) is 0. The molecular weight excluding hydrogens is 366 g/mol. The van der Waals surface area contributed by atoms with Crippen molar-refractivity contribution in [2.45, 2.75) is 122 Å². The summed E-state index contributed by atoms with van der Waals surface area (Å²) in [5.41, 5.74) is 10.6. The second-order valence-electron chi connectivity index (χ2n) is 7.62. The molecule has 0 atom stereocenters. The van der Waals surface area contributed by atoms with Crippen LogP contribution >= 0.6 is 0 Å². The highest BCUT2D eigenvalue weighted by molar-refractivity contribution is 5.12. The largest absolute Gasteiger partial charge is 0.385 e. The van der Waals surface area contributed by atoms with E-state index in [2.05, 4.69) is 6.92 Å². The Bertz CT molecular complexity index is 358. The summed E-state index contributed by atoms with van der Waals surface area (Å²) in [6.45, 7) is 2.26. The Labute approximate surface area is 170 Å². The van der Waals surface area contributed by atoms with Gasteiger partial charge in [-0.1, -0.05) is 103 Å². The first-order chi connectivity index (χ1) is 12.4. The van der Waals surface area contributed by atoms with Crippen molar-refractivity contribution in [3.8, 4) is 0 Å². The molecule has 0 saturated heterocycles. The minimum atomic E-state index is -2.89. The Morgan fingerprint density at radius 1 is 0.571 bits per heavy atom. The summed E-state index contributed by atoms with van der Waals surface area (Å²) in [4.78, 5) is 0. The Balaban J connectivity index is -0.00000312. The van der Waals surface area contributed by atoms with Gasteiger partial charge in [0, 0.05) is 0 Å². The molecule has 7 heteroatoms. The molecule has 0 fully saturated rings. The van der Waals surface area contributed by atoms with E-state index in [1.54, 1.807) is 0 Å². The van der Waals surface area contributed by atoms with Gasteiger partial charge in [-0.05, 0) is 12.8 Å². The molecule has 7 N–H and O–H groups in total. The molecular formula is C21H46F2N2O3. The van der Waals surface area contributed by atoms with Gasteiger partial charge in [0.2, 0.25) is 0 Å². The lowest BCUT2D eigenvalue weighted by molar-refractivity contribution is -0.284. The third-order valence-corrected chi connectivity index (χ3v) is 5.03. The van der Waals surface area contributed by atoms with Gasteiger partial charge in [0.05, 0.1) is 5.57 Å². The summed E-state index contributed by atoms with van der Waals surface area (Å²) in [6.07, 6.45) is 20.8. The van der Waals surface area contributed by atoms with E-state index in [-0.39, 0.29) is 20.8 Å². The van der Waals surface area contributed by atoms with Crippen LogP contribution in [-0.2, 0) is 0 Å². The zero-order chi connectivity index (χ0) is 19.7. The van der Waals surface area contributed by atoms with Crippen LogP contribution in [0.2, 0.25) is 0 Å². The summed E-state index contributed by atoms with van der Waals surface area (Å²) >= 11 is 0. The highest BCUT2D eigenvalue weighted by Gasteiger charge is 2.26. The number of rotatable bonds is 18. The number of nitrogens with two attached hydrogens (primary N) is 2. The fourth-order valence-electron chi connectivity index (χ4n) is 3.36. The first-order valence-corrected chi connectivity index (χ1v) is 10.8. The molecule has 0 bridgehead atoms. The third-order valence-electron chi connectivity index (χ3n) is 5.03. The molecule has 0 aliphatic rings. The molecule has 0 aromatic heterocycles. The standard InChI is InChI=1S/C21H44N2O3.2FH/c1-2-3-4-5-6-7-8-9-10-11-12-13-14-15-16-17-18-19(20(22)23)21(24,25)26;;/h24-26H,2-18,22-23H2,1H3;2*1H. The summed E-state index contributed by atoms with van der Waals surface area (Å²) in [5, 5.41) is 27.5. The van der Waals surface area contributed by atoms with Gasteiger partial charge < -0.3 is 26.8 Å². The molecule has 0 spiro atoms. The first-order valence-electron chi connectivity index (χ1n) is 10.8. The second kappa shape index (κ2) is 20.8. The van der Waals surface area contributed by atoms with Crippen molar-refractivity contribution in [3.05, 3.63) is 11.4 Å². The van der Waals surface area contributed by atoms with Crippen molar-refractivity contribution >= 4 is 0 Å². The topological polar surface area (TPSA) is 113 Å². The average Bonchev–Trinajstić information content (AvgIpc) is 2.56. The van der Waals surface area contributed by atoms with Crippen molar-refractivity contribution in [3.63, 3.8) is 0 Å². The molecule has 5 nitrogen and oxygen atoms in total. The maximum Gasteiger partial charge on any atom is 0.304 e. The zero-order valence-electron chi connectivity index (χ0n) is 17.8. The average molecular weight is 413 g/mol. The normalized spacial score (nSPS) is 10.9. The van der Waals surface area contributed by atoms with Gasteiger partial charge in [-0.25, -0.2) is 0 Å². The highest BCUT2D eigenvalue weighted by Crippen LogP contribution is 2.20. The maximum atomic E-state index is 9.17. The molecule has 0 aromatic carbocycles. The van der Waals surface area contributed by atoms with E-state index >= 15 is 0 Å². The summed E-state index contributed by atoms with van der Waals surface area (Å²) in [5.74, 6) is -3.10. The monoisotopic (exact) mass is 412 g/mol. The van der Waals surface area contributed by atoms with Crippen LogP contribution in [0.25, 0.3) is 0 Å². The smallest absolute Gasteiger partial charge is 0.304 e. The van der Waals surface area contributed by atoms with Gasteiger partial charge in [0.25, 0.3) is 0 Å². The second-order valence-corrected chi connectivity index (χ2v) is 7.62. The predicted molar refractivity (Wildman–Crippen MR) is 114 cm³/mol. The van der Waals surface area contributed by atoms with Crippen LogP contribution in [0, 0.1) is 0 Å². The van der Waals surface area contributed by atoms with Crippen molar-refractivity contribution in [1.82, 2.24) is 0 Å². The Hall–Kier alpha value is -0.920. The van der Waals surface area contributed by atoms with Crippen molar-refractivity contribution < 1.29 is 24.7 Å². The maximum absolute atomic E-state index is 9.17. The fourth-order valence-corrected chi connectivity index (χ4v) is 3.36. The Kier molecular flexibility index (Phi) is 23.6. The van der Waals surface area contributed by atoms with Crippen molar-refractivity contribution in [1.29, 1.82) is 0 Å². The van der Waals surface area contributed by atoms with Crippen molar-refractivity contribution in [2.24, 2.45) is 11.5 Å². The van der Waals surface area contributed by atoms with E-state index in [1.165, 1.54) is 83.5 Å². The quantitative estimate of drug-likeness (QED) is 0.165. The van der Waals surface area contributed by atoms with Crippen molar-refractivity contribution in [2.75, 3.05) is 0 Å². The SMILES string of the molecule is CCCCCCCCCCCCCCCCCCC(=C(N)N)C(O)(O)O.F.F. The number of hydrogen-bond acceptors (Lipinski definition) is 5. The van der Waals surface area contributed by atoms with Gasteiger partial charge in [0.1, 0.15) is 5.82 Å². The lowest BCUT2D eigenvalue weighted by atomic mass is 10.0. The fraction of sp³-hybridized carbons (Fsp3) is 0.905. The predicted octanol–water partition coefficient (Wildman–Crippen LogP) is 4.70. The Morgan fingerprint density at radius 3 is 1.11 bits per heavy atom. The number of aliphatic hydroxyl groups is 3. The van der Waals surface area contributed by atoms with Crippen LogP contribution < -0.4 is 11.5 Å². The highest BCUT2D eigenvalue weighted by atomic mass is 19.0. The molecule has 0 aliphatic heterocycles. The van der Waals surface area contributed by atoms with Crippen LogP contribution in [0.4, 0.5) is 9.41 Å². The minimum Gasteiger partial charge on any atom is -0.385 e. The number of halogens is 2. The van der Waals surface area contributed by atoms with E-state index in [9.17, 15) is 0 Å². The van der Waals surface area contributed by atoms with E-state index in [0.29, 0.717) is 6.42 Å². The Morgan fingerprint density at radius 2 is 0.857 bits per heavy atom. The van der Waals surface area contributed by atoms with E-state index in [1.807, 2.05) is 0 Å². The van der Waals surface area contributed by atoms with E-state index in [0.717, 1.165) is 19.3 Å². The summed E-state index contributed by atoms with van der Waals surface area (Å²) < 4.78 is 0. The van der Waals surface area contributed by atoms with Crippen LogP contribution in [0.1, 0.15) is 116 Å². The molecule has 0 rings (SSSR count). The molecule has 0 radical (unpaired) electrons. The van der Waals surface area contributed by atoms with Crippen LogP contribution in [0.3, 0.4) is 0 Å².